The number of allylic oxidation sites excluding steroid dienone is 22. The zero-order chi connectivity index (χ0) is 40.6. The number of ether oxygens (including phenoxy) is 2. The first-order valence-electron chi connectivity index (χ1n) is 18.7. The predicted octanol–water partition coefficient (Wildman–Crippen LogP) is 7.51. The van der Waals surface area contributed by atoms with Crippen LogP contribution in [0.4, 0.5) is 0 Å². The van der Waals surface area contributed by atoms with Gasteiger partial charge in [-0.1, -0.05) is 151 Å². The molecule has 8 heteroatoms. The van der Waals surface area contributed by atoms with Crippen LogP contribution in [-0.4, -0.2) is 85.8 Å². The first kappa shape index (κ1) is 46.7. The average Bonchev–Trinajstić information content (AvgIpc) is 3.07. The summed E-state index contributed by atoms with van der Waals surface area (Å²) in [6.45, 7) is 19.2. The molecule has 298 valence electrons. The Morgan fingerprint density at radius 3 is 1.67 bits per heavy atom. The Kier molecular flexibility index (Phi) is 19.2. The van der Waals surface area contributed by atoms with E-state index in [-0.39, 0.29) is 11.5 Å². The van der Waals surface area contributed by atoms with Crippen molar-refractivity contribution in [2.75, 3.05) is 6.61 Å². The first-order valence-corrected chi connectivity index (χ1v) is 18.7. The minimum atomic E-state index is -1.57. The average molecular weight is 747 g/mol. The van der Waals surface area contributed by atoms with Gasteiger partial charge in [0, 0.05) is 0 Å². The van der Waals surface area contributed by atoms with E-state index in [4.69, 9.17) is 9.47 Å². The van der Waals surface area contributed by atoms with Crippen LogP contribution in [0.15, 0.2) is 142 Å². The number of aliphatic hydroxyl groups excluding tert-OH is 5. The van der Waals surface area contributed by atoms with Gasteiger partial charge in [0.1, 0.15) is 30.5 Å². The van der Waals surface area contributed by atoms with E-state index in [1.165, 1.54) is 16.7 Å². The van der Waals surface area contributed by atoms with E-state index in [9.17, 15) is 30.6 Å². The molecule has 2 aliphatic rings. The second-order valence-corrected chi connectivity index (χ2v) is 15.8. The zero-order valence-corrected chi connectivity index (χ0v) is 34.0. The molecule has 0 spiro atoms. The molecule has 0 amide bonds. The second-order valence-electron chi connectivity index (χ2n) is 15.8. The zero-order valence-electron chi connectivity index (χ0n) is 34.0. The van der Waals surface area contributed by atoms with E-state index in [1.54, 1.807) is 26.0 Å². The summed E-state index contributed by atoms with van der Waals surface area (Å²) in [5.74, 6) is 0. The summed E-state index contributed by atoms with van der Waals surface area (Å²) in [5.41, 5.74) is 6.56. The van der Waals surface area contributed by atoms with Crippen molar-refractivity contribution in [2.45, 2.75) is 131 Å². The van der Waals surface area contributed by atoms with Crippen molar-refractivity contribution in [1.29, 1.82) is 0 Å². The van der Waals surface area contributed by atoms with Gasteiger partial charge in [0.15, 0.2) is 6.29 Å². The van der Waals surface area contributed by atoms with Crippen LogP contribution in [0, 0.1) is 5.41 Å². The summed E-state index contributed by atoms with van der Waals surface area (Å²) in [7, 11) is 0. The van der Waals surface area contributed by atoms with Crippen LogP contribution in [0.25, 0.3) is 0 Å². The molecule has 1 aliphatic heterocycles. The monoisotopic (exact) mass is 746 g/mol. The normalized spacial score (nSPS) is 28.0. The maximum absolute atomic E-state index is 10.7. The minimum Gasteiger partial charge on any atom is -0.394 e. The van der Waals surface area contributed by atoms with Crippen LogP contribution >= 0.6 is 0 Å². The molecular weight excluding hydrogens is 680 g/mol. The number of hydrogen-bond donors (Lipinski definition) is 6. The van der Waals surface area contributed by atoms with Gasteiger partial charge in [-0.25, -0.2) is 0 Å². The summed E-state index contributed by atoms with van der Waals surface area (Å²) in [6, 6.07) is 0. The lowest BCUT2D eigenvalue weighted by atomic mass is 9.71. The third kappa shape index (κ3) is 16.1. The highest BCUT2D eigenvalue weighted by atomic mass is 16.7. The van der Waals surface area contributed by atoms with Gasteiger partial charge in [-0.15, -0.1) is 0 Å². The Bertz CT molecular complexity index is 1600. The summed E-state index contributed by atoms with van der Waals surface area (Å²) >= 11 is 0. The maximum atomic E-state index is 10.7. The molecule has 1 fully saturated rings. The van der Waals surface area contributed by atoms with E-state index < -0.39 is 49.0 Å². The SMILES string of the molecule is CC1=C(/C=C/C(C)=C/C=C/C(C)=C/C=C/C=C(C)/C=C/C=C(C)/C=C/C=C(C)/C=C/[C@@H](OC2O[C@H](CO)[C@@H](O)[C@H](O)[C@H]2O)C(C)(C)O)C(C)(C)C[C@H](O)C1. The number of hydrogen-bond acceptors (Lipinski definition) is 8. The molecule has 54 heavy (non-hydrogen) atoms. The Morgan fingerprint density at radius 1 is 0.741 bits per heavy atom. The van der Waals surface area contributed by atoms with Gasteiger partial charge in [-0.05, 0) is 79.2 Å². The van der Waals surface area contributed by atoms with Gasteiger partial charge in [-0.2, -0.15) is 0 Å². The lowest BCUT2D eigenvalue weighted by Crippen LogP contribution is -2.60. The summed E-state index contributed by atoms with van der Waals surface area (Å²) in [4.78, 5) is 0. The molecular formula is C46H66O8. The largest absolute Gasteiger partial charge is 0.394 e. The molecule has 0 aromatic heterocycles. The third-order valence-electron chi connectivity index (χ3n) is 9.33. The van der Waals surface area contributed by atoms with Crippen LogP contribution in [0.1, 0.15) is 82.1 Å². The van der Waals surface area contributed by atoms with Crippen molar-refractivity contribution in [1.82, 2.24) is 0 Å². The molecule has 7 atom stereocenters. The molecule has 0 saturated carbocycles. The van der Waals surface area contributed by atoms with E-state index in [1.807, 2.05) is 69.4 Å². The molecule has 8 nitrogen and oxygen atoms in total. The predicted molar refractivity (Wildman–Crippen MR) is 220 cm³/mol. The quantitative estimate of drug-likeness (QED) is 0.0893. The Balaban J connectivity index is 1.91. The van der Waals surface area contributed by atoms with Gasteiger partial charge in [0.05, 0.1) is 18.3 Å². The van der Waals surface area contributed by atoms with Crippen molar-refractivity contribution < 1.29 is 40.1 Å². The fourth-order valence-electron chi connectivity index (χ4n) is 6.15. The van der Waals surface area contributed by atoms with E-state index >= 15 is 0 Å². The van der Waals surface area contributed by atoms with Gasteiger partial charge in [-0.3, -0.25) is 0 Å². The van der Waals surface area contributed by atoms with E-state index in [2.05, 4.69) is 77.2 Å². The van der Waals surface area contributed by atoms with Gasteiger partial charge in [0.2, 0.25) is 0 Å². The number of aliphatic hydroxyl groups is 6. The smallest absolute Gasteiger partial charge is 0.187 e. The molecule has 0 bridgehead atoms. The standard InChI is InChI=1S/C46H66O8/c1-31(16-11-12-17-32(2)19-14-22-34(4)24-26-38-36(6)28-37(48)29-45(38,7)8)18-13-20-33(3)21-15-23-35(5)25-27-40(46(9,10)52)54-44-43(51)42(50)41(49)39(30-47)53-44/h11-27,37,39-44,47-52H,28-30H2,1-10H3/b12-11+,18-13+,19-14+,21-15+,26-24+,27-25+,31-16+,32-17+,33-20+,34-22+,35-23+/t37-,39-,40-,41-,42+,43-,44?/m1/s1. The number of rotatable bonds is 16. The topological polar surface area (TPSA) is 140 Å². The van der Waals surface area contributed by atoms with E-state index in [0.717, 1.165) is 35.1 Å². The van der Waals surface area contributed by atoms with Gasteiger partial charge >= 0.3 is 0 Å². The lowest BCUT2D eigenvalue weighted by molar-refractivity contribution is -0.316. The van der Waals surface area contributed by atoms with Crippen molar-refractivity contribution in [3.05, 3.63) is 142 Å². The highest BCUT2D eigenvalue weighted by Crippen LogP contribution is 2.41. The van der Waals surface area contributed by atoms with E-state index in [0.29, 0.717) is 0 Å². The Hall–Kier alpha value is -3.44. The van der Waals surface area contributed by atoms with Crippen LogP contribution in [0.5, 0.6) is 0 Å². The molecule has 6 N–H and O–H groups in total. The highest BCUT2D eigenvalue weighted by molar-refractivity contribution is 5.38. The van der Waals surface area contributed by atoms with Crippen LogP contribution in [-0.2, 0) is 9.47 Å². The van der Waals surface area contributed by atoms with Crippen molar-refractivity contribution >= 4 is 0 Å². The molecule has 0 aromatic rings. The molecule has 1 saturated heterocycles. The fourth-order valence-corrected chi connectivity index (χ4v) is 6.15. The molecule has 0 aromatic carbocycles. The summed E-state index contributed by atoms with van der Waals surface area (Å²) in [6.07, 6.45) is 27.4. The minimum absolute atomic E-state index is 0.0230. The summed E-state index contributed by atoms with van der Waals surface area (Å²) in [5, 5.41) is 60.7. The van der Waals surface area contributed by atoms with Crippen molar-refractivity contribution in [2.24, 2.45) is 5.41 Å². The van der Waals surface area contributed by atoms with Gasteiger partial charge in [0.25, 0.3) is 0 Å². The third-order valence-corrected chi connectivity index (χ3v) is 9.33. The van der Waals surface area contributed by atoms with Crippen LogP contribution in [0.2, 0.25) is 0 Å². The molecule has 0 radical (unpaired) electrons. The Labute approximate surface area is 324 Å². The first-order chi connectivity index (χ1) is 25.2. The Morgan fingerprint density at radius 2 is 1.20 bits per heavy atom. The lowest BCUT2D eigenvalue weighted by Gasteiger charge is -2.42. The van der Waals surface area contributed by atoms with Crippen molar-refractivity contribution in [3.8, 4) is 0 Å². The highest BCUT2D eigenvalue weighted by Gasteiger charge is 2.45. The molecule has 1 aliphatic carbocycles. The van der Waals surface area contributed by atoms with Crippen molar-refractivity contribution in [3.63, 3.8) is 0 Å². The second kappa shape index (κ2) is 22.2. The fraction of sp³-hybridized carbons (Fsp3) is 0.478. The van der Waals surface area contributed by atoms with Crippen LogP contribution < -0.4 is 0 Å². The molecule has 1 heterocycles. The van der Waals surface area contributed by atoms with Crippen LogP contribution in [0.3, 0.4) is 0 Å². The molecule has 2 rings (SSSR count). The molecule has 1 unspecified atom stereocenters. The van der Waals surface area contributed by atoms with Gasteiger partial charge < -0.3 is 40.1 Å². The summed E-state index contributed by atoms with van der Waals surface area (Å²) < 4.78 is 11.2. The maximum Gasteiger partial charge on any atom is 0.187 e.